The highest BCUT2D eigenvalue weighted by Gasteiger charge is 2.28. The van der Waals surface area contributed by atoms with Gasteiger partial charge in [0.1, 0.15) is 0 Å². The number of nitrogens with one attached hydrogen (secondary N) is 1. The van der Waals surface area contributed by atoms with Gasteiger partial charge in [0.25, 0.3) is 0 Å². The summed E-state index contributed by atoms with van der Waals surface area (Å²) >= 11 is 0. The Balaban J connectivity index is 1.81. The van der Waals surface area contributed by atoms with E-state index in [0.29, 0.717) is 5.92 Å². The zero-order chi connectivity index (χ0) is 14.4. The third-order valence-corrected chi connectivity index (χ3v) is 5.43. The Morgan fingerprint density at radius 2 is 1.80 bits per heavy atom. The minimum atomic E-state index is -0.121. The van der Waals surface area contributed by atoms with Gasteiger partial charge in [0.05, 0.1) is 6.10 Å². The van der Waals surface area contributed by atoms with E-state index in [1.807, 2.05) is 6.92 Å². The van der Waals surface area contributed by atoms with E-state index in [9.17, 15) is 5.11 Å². The van der Waals surface area contributed by atoms with E-state index >= 15 is 0 Å². The normalized spacial score (nSPS) is 31.9. The largest absolute Gasteiger partial charge is 0.393 e. The van der Waals surface area contributed by atoms with Crippen LogP contribution in [0.5, 0.6) is 0 Å². The van der Waals surface area contributed by atoms with Crippen molar-refractivity contribution in [3.05, 3.63) is 0 Å². The van der Waals surface area contributed by atoms with Crippen molar-refractivity contribution >= 4 is 0 Å². The summed E-state index contributed by atoms with van der Waals surface area (Å²) in [5.74, 6) is 1.37. The van der Waals surface area contributed by atoms with Gasteiger partial charge in [-0.25, -0.2) is 0 Å². The number of hydrogen-bond acceptors (Lipinski definition) is 3. The van der Waals surface area contributed by atoms with Gasteiger partial charge in [0, 0.05) is 12.6 Å². The molecule has 0 amide bonds. The van der Waals surface area contributed by atoms with Crippen LogP contribution in [0, 0.1) is 11.8 Å². The van der Waals surface area contributed by atoms with Crippen molar-refractivity contribution in [3.8, 4) is 0 Å². The summed E-state index contributed by atoms with van der Waals surface area (Å²) in [5, 5.41) is 13.4. The van der Waals surface area contributed by atoms with E-state index in [1.165, 1.54) is 64.6 Å². The molecule has 20 heavy (non-hydrogen) atoms. The van der Waals surface area contributed by atoms with Crippen LogP contribution in [-0.4, -0.2) is 48.3 Å². The molecule has 2 N–H and O–H groups in total. The SMILES string of the molecule is CCNC1CCCCCC1CN1CCC(C(C)O)CC1. The Labute approximate surface area is 125 Å². The van der Waals surface area contributed by atoms with Gasteiger partial charge < -0.3 is 15.3 Å². The van der Waals surface area contributed by atoms with Crippen LogP contribution in [0.4, 0.5) is 0 Å². The van der Waals surface area contributed by atoms with Gasteiger partial charge in [-0.3, -0.25) is 0 Å². The highest BCUT2D eigenvalue weighted by Crippen LogP contribution is 2.27. The number of nitrogens with zero attached hydrogens (tertiary/aromatic N) is 1. The molecule has 0 radical (unpaired) electrons. The number of rotatable bonds is 5. The molecule has 0 aromatic heterocycles. The maximum atomic E-state index is 9.71. The molecule has 2 fully saturated rings. The van der Waals surface area contributed by atoms with Crippen LogP contribution in [0.25, 0.3) is 0 Å². The molecule has 3 heteroatoms. The molecule has 1 aliphatic heterocycles. The highest BCUT2D eigenvalue weighted by molar-refractivity contribution is 4.84. The second-order valence-electron chi connectivity index (χ2n) is 6.94. The first-order chi connectivity index (χ1) is 9.70. The molecule has 1 heterocycles. The Morgan fingerprint density at radius 3 is 2.45 bits per heavy atom. The second-order valence-corrected chi connectivity index (χ2v) is 6.94. The molecule has 3 nitrogen and oxygen atoms in total. The quantitative estimate of drug-likeness (QED) is 0.761. The zero-order valence-corrected chi connectivity index (χ0v) is 13.5. The highest BCUT2D eigenvalue weighted by atomic mass is 16.3. The van der Waals surface area contributed by atoms with Crippen molar-refractivity contribution in [3.63, 3.8) is 0 Å². The lowest BCUT2D eigenvalue weighted by molar-refractivity contribution is 0.0630. The summed E-state index contributed by atoms with van der Waals surface area (Å²) in [6.45, 7) is 8.92. The summed E-state index contributed by atoms with van der Waals surface area (Å²) in [6.07, 6.45) is 9.23. The molecule has 1 saturated carbocycles. The lowest BCUT2D eigenvalue weighted by Gasteiger charge is -2.37. The van der Waals surface area contributed by atoms with E-state index < -0.39 is 0 Å². The molecule has 2 rings (SSSR count). The van der Waals surface area contributed by atoms with Gasteiger partial charge in [0.15, 0.2) is 0 Å². The number of aliphatic hydroxyl groups is 1. The molecule has 3 atom stereocenters. The fourth-order valence-electron chi connectivity index (χ4n) is 4.08. The van der Waals surface area contributed by atoms with E-state index in [2.05, 4.69) is 17.1 Å². The fraction of sp³-hybridized carbons (Fsp3) is 1.00. The Bertz CT molecular complexity index is 262. The van der Waals surface area contributed by atoms with Crippen molar-refractivity contribution in [1.82, 2.24) is 10.2 Å². The van der Waals surface area contributed by atoms with E-state index in [-0.39, 0.29) is 6.10 Å². The van der Waals surface area contributed by atoms with E-state index in [4.69, 9.17) is 0 Å². The third-order valence-electron chi connectivity index (χ3n) is 5.43. The lowest BCUT2D eigenvalue weighted by Crippen LogP contribution is -2.45. The number of aliphatic hydroxyl groups excluding tert-OH is 1. The standard InChI is InChI=1S/C17H34N2O/c1-3-18-17-8-6-4-5-7-16(17)13-19-11-9-15(10-12-19)14(2)20/h14-18,20H,3-13H2,1-2H3. The Hall–Kier alpha value is -0.120. The van der Waals surface area contributed by atoms with Crippen LogP contribution in [-0.2, 0) is 0 Å². The summed E-state index contributed by atoms with van der Waals surface area (Å²) in [5.41, 5.74) is 0. The molecule has 1 aliphatic carbocycles. The van der Waals surface area contributed by atoms with Crippen molar-refractivity contribution in [2.24, 2.45) is 11.8 Å². The van der Waals surface area contributed by atoms with Crippen LogP contribution in [0.2, 0.25) is 0 Å². The van der Waals surface area contributed by atoms with E-state index in [1.54, 1.807) is 0 Å². The van der Waals surface area contributed by atoms with Gasteiger partial charge in [-0.05, 0) is 64.1 Å². The number of hydrogen-bond donors (Lipinski definition) is 2. The monoisotopic (exact) mass is 282 g/mol. The molecule has 0 spiro atoms. The molecule has 0 aromatic carbocycles. The van der Waals surface area contributed by atoms with E-state index in [0.717, 1.165) is 18.5 Å². The minimum Gasteiger partial charge on any atom is -0.393 e. The van der Waals surface area contributed by atoms with Crippen LogP contribution in [0.15, 0.2) is 0 Å². The van der Waals surface area contributed by atoms with Crippen LogP contribution in [0.1, 0.15) is 58.8 Å². The topological polar surface area (TPSA) is 35.5 Å². The molecule has 118 valence electrons. The average Bonchev–Trinajstić information content (AvgIpc) is 2.66. The van der Waals surface area contributed by atoms with Gasteiger partial charge in [-0.2, -0.15) is 0 Å². The molecular formula is C17H34N2O. The maximum absolute atomic E-state index is 9.71. The lowest BCUT2D eigenvalue weighted by atomic mass is 9.89. The Kier molecular flexibility index (Phi) is 6.79. The van der Waals surface area contributed by atoms with Crippen LogP contribution >= 0.6 is 0 Å². The first kappa shape index (κ1) is 16.3. The van der Waals surface area contributed by atoms with Crippen molar-refractivity contribution in [2.75, 3.05) is 26.2 Å². The van der Waals surface area contributed by atoms with Crippen LogP contribution < -0.4 is 5.32 Å². The van der Waals surface area contributed by atoms with Gasteiger partial charge in [0.2, 0.25) is 0 Å². The third kappa shape index (κ3) is 4.71. The maximum Gasteiger partial charge on any atom is 0.0541 e. The van der Waals surface area contributed by atoms with Gasteiger partial charge in [-0.15, -0.1) is 0 Å². The zero-order valence-electron chi connectivity index (χ0n) is 13.5. The minimum absolute atomic E-state index is 0.121. The predicted octanol–water partition coefficient (Wildman–Crippen LogP) is 2.64. The molecule has 0 bridgehead atoms. The van der Waals surface area contributed by atoms with Gasteiger partial charge >= 0.3 is 0 Å². The summed E-state index contributed by atoms with van der Waals surface area (Å²) in [7, 11) is 0. The second kappa shape index (κ2) is 8.35. The van der Waals surface area contributed by atoms with Gasteiger partial charge in [-0.1, -0.05) is 26.2 Å². The summed E-state index contributed by atoms with van der Waals surface area (Å²) < 4.78 is 0. The number of likely N-dealkylation sites (tertiary alicyclic amines) is 1. The molecule has 2 aliphatic rings. The van der Waals surface area contributed by atoms with Crippen molar-refractivity contribution in [1.29, 1.82) is 0 Å². The number of piperidine rings is 1. The first-order valence-electron chi connectivity index (χ1n) is 8.84. The predicted molar refractivity (Wildman–Crippen MR) is 84.9 cm³/mol. The smallest absolute Gasteiger partial charge is 0.0541 e. The first-order valence-corrected chi connectivity index (χ1v) is 8.84. The van der Waals surface area contributed by atoms with Crippen molar-refractivity contribution < 1.29 is 5.11 Å². The summed E-state index contributed by atoms with van der Waals surface area (Å²) in [6, 6.07) is 0.733. The molecule has 1 saturated heterocycles. The molecule has 3 unspecified atom stereocenters. The Morgan fingerprint density at radius 1 is 1.10 bits per heavy atom. The van der Waals surface area contributed by atoms with Crippen molar-refractivity contribution in [2.45, 2.75) is 70.9 Å². The summed E-state index contributed by atoms with van der Waals surface area (Å²) in [4.78, 5) is 2.65. The molecule has 0 aromatic rings. The fourth-order valence-corrected chi connectivity index (χ4v) is 4.08. The van der Waals surface area contributed by atoms with Crippen LogP contribution in [0.3, 0.4) is 0 Å². The molecular weight excluding hydrogens is 248 g/mol. The average molecular weight is 282 g/mol.